The fourth-order valence-electron chi connectivity index (χ4n) is 2.03. The van der Waals surface area contributed by atoms with Gasteiger partial charge in [0.2, 0.25) is 0 Å². The number of halogens is 3. The zero-order valence-electron chi connectivity index (χ0n) is 11.5. The van der Waals surface area contributed by atoms with E-state index in [1.165, 1.54) is 12.1 Å². The zero-order valence-corrected chi connectivity index (χ0v) is 11.5. The molecule has 2 aromatic carbocycles. The third-order valence-electron chi connectivity index (χ3n) is 3.34. The molecule has 0 amide bonds. The van der Waals surface area contributed by atoms with Crippen molar-refractivity contribution in [2.24, 2.45) is 0 Å². The van der Waals surface area contributed by atoms with Crippen LogP contribution in [0.5, 0.6) is 0 Å². The van der Waals surface area contributed by atoms with E-state index in [1.54, 1.807) is 12.1 Å². The molecule has 0 bridgehead atoms. The molecule has 0 aromatic heterocycles. The second-order valence-corrected chi connectivity index (χ2v) is 4.86. The van der Waals surface area contributed by atoms with Crippen molar-refractivity contribution in [1.29, 1.82) is 0 Å². The summed E-state index contributed by atoms with van der Waals surface area (Å²) >= 11 is 0. The van der Waals surface area contributed by atoms with Crippen LogP contribution in [0.25, 0.3) is 0 Å². The molecule has 112 valence electrons. The van der Waals surface area contributed by atoms with Gasteiger partial charge in [0.05, 0.1) is 6.61 Å². The maximum atomic E-state index is 13.3. The molecule has 2 aromatic rings. The van der Waals surface area contributed by atoms with Crippen LogP contribution in [0.4, 0.5) is 13.2 Å². The largest absolute Gasteiger partial charge is 0.392 e. The molecule has 0 saturated carbocycles. The first-order valence-electron chi connectivity index (χ1n) is 6.57. The van der Waals surface area contributed by atoms with Gasteiger partial charge in [-0.05, 0) is 42.3 Å². The van der Waals surface area contributed by atoms with Crippen LogP contribution in [0, 0.1) is 17.5 Å². The maximum Gasteiger partial charge on any atom is 0.159 e. The molecule has 0 saturated heterocycles. The second kappa shape index (κ2) is 6.74. The van der Waals surface area contributed by atoms with Gasteiger partial charge in [0.1, 0.15) is 5.82 Å². The summed E-state index contributed by atoms with van der Waals surface area (Å²) in [6.45, 7) is 1.88. The topological polar surface area (TPSA) is 32.3 Å². The van der Waals surface area contributed by atoms with Crippen LogP contribution in [0.3, 0.4) is 0 Å². The minimum Gasteiger partial charge on any atom is -0.392 e. The quantitative estimate of drug-likeness (QED) is 0.885. The van der Waals surface area contributed by atoms with Crippen LogP contribution in [0.2, 0.25) is 0 Å². The number of hydrogen-bond donors (Lipinski definition) is 2. The summed E-state index contributed by atoms with van der Waals surface area (Å²) < 4.78 is 39.3. The first-order valence-corrected chi connectivity index (χ1v) is 6.57. The molecule has 0 radical (unpaired) electrons. The lowest BCUT2D eigenvalue weighted by Crippen LogP contribution is -2.18. The first kappa shape index (κ1) is 15.5. The molecule has 0 aliphatic carbocycles. The van der Waals surface area contributed by atoms with Crippen molar-refractivity contribution < 1.29 is 18.3 Å². The van der Waals surface area contributed by atoms with Gasteiger partial charge in [-0.2, -0.15) is 0 Å². The van der Waals surface area contributed by atoms with Gasteiger partial charge in [-0.25, -0.2) is 13.2 Å². The Balaban J connectivity index is 2.03. The highest BCUT2D eigenvalue weighted by Crippen LogP contribution is 2.17. The van der Waals surface area contributed by atoms with Crippen LogP contribution in [-0.4, -0.2) is 5.11 Å². The standard InChI is InChI=1S/C16H16F3NO/c1-10(12-3-5-15(18)16(19)7-12)20-8-11-2-4-14(17)13(6-11)9-21/h2-7,10,20-21H,8-9H2,1H3. The summed E-state index contributed by atoms with van der Waals surface area (Å²) in [5.74, 6) is -2.21. The highest BCUT2D eigenvalue weighted by atomic mass is 19.2. The molecular weight excluding hydrogens is 279 g/mol. The highest BCUT2D eigenvalue weighted by molar-refractivity contribution is 5.25. The summed E-state index contributed by atoms with van der Waals surface area (Å²) in [5.41, 5.74) is 1.66. The predicted octanol–water partition coefficient (Wildman–Crippen LogP) is 3.45. The molecule has 5 heteroatoms. The lowest BCUT2D eigenvalue weighted by atomic mass is 10.1. The van der Waals surface area contributed by atoms with E-state index in [1.807, 2.05) is 6.92 Å². The van der Waals surface area contributed by atoms with E-state index in [0.29, 0.717) is 12.1 Å². The lowest BCUT2D eigenvalue weighted by Gasteiger charge is -2.15. The highest BCUT2D eigenvalue weighted by Gasteiger charge is 2.09. The number of benzene rings is 2. The molecular formula is C16H16F3NO. The van der Waals surface area contributed by atoms with Crippen molar-refractivity contribution in [3.8, 4) is 0 Å². The van der Waals surface area contributed by atoms with E-state index in [0.717, 1.165) is 17.7 Å². The summed E-state index contributed by atoms with van der Waals surface area (Å²) in [4.78, 5) is 0. The maximum absolute atomic E-state index is 13.3. The third-order valence-corrected chi connectivity index (χ3v) is 3.34. The van der Waals surface area contributed by atoms with Crippen LogP contribution >= 0.6 is 0 Å². The summed E-state index contributed by atoms with van der Waals surface area (Å²) in [6.07, 6.45) is 0. The average Bonchev–Trinajstić information content (AvgIpc) is 2.48. The SMILES string of the molecule is CC(NCc1ccc(F)c(CO)c1)c1ccc(F)c(F)c1. The van der Waals surface area contributed by atoms with Crippen LogP contribution in [0.15, 0.2) is 36.4 Å². The minimum atomic E-state index is -0.884. The van der Waals surface area contributed by atoms with Crippen LogP contribution in [0.1, 0.15) is 29.7 Å². The molecule has 1 atom stereocenters. The third kappa shape index (κ3) is 3.83. The van der Waals surface area contributed by atoms with Crippen molar-refractivity contribution in [3.05, 3.63) is 70.5 Å². The summed E-state index contributed by atoms with van der Waals surface area (Å²) in [6, 6.07) is 8.04. The molecule has 2 N–H and O–H groups in total. The fourth-order valence-corrected chi connectivity index (χ4v) is 2.03. The van der Waals surface area contributed by atoms with Crippen molar-refractivity contribution in [1.82, 2.24) is 5.32 Å². The molecule has 0 heterocycles. The predicted molar refractivity (Wildman–Crippen MR) is 73.9 cm³/mol. The van der Waals surface area contributed by atoms with Crippen LogP contribution < -0.4 is 5.32 Å². The smallest absolute Gasteiger partial charge is 0.159 e. The molecule has 0 fully saturated rings. The van der Waals surface area contributed by atoms with E-state index in [4.69, 9.17) is 5.11 Å². The van der Waals surface area contributed by atoms with Gasteiger partial charge in [0.25, 0.3) is 0 Å². The number of rotatable bonds is 5. The Hall–Kier alpha value is -1.85. The Kier molecular flexibility index (Phi) is 4.98. The van der Waals surface area contributed by atoms with Crippen molar-refractivity contribution in [2.75, 3.05) is 0 Å². The molecule has 1 unspecified atom stereocenters. The molecule has 21 heavy (non-hydrogen) atoms. The normalized spacial score (nSPS) is 12.4. The van der Waals surface area contributed by atoms with E-state index in [2.05, 4.69) is 5.32 Å². The van der Waals surface area contributed by atoms with Crippen molar-refractivity contribution in [3.63, 3.8) is 0 Å². The Labute approximate surface area is 121 Å². The number of hydrogen-bond acceptors (Lipinski definition) is 2. The monoisotopic (exact) mass is 295 g/mol. The van der Waals surface area contributed by atoms with E-state index in [9.17, 15) is 13.2 Å². The van der Waals surface area contributed by atoms with Crippen LogP contribution in [-0.2, 0) is 13.2 Å². The summed E-state index contributed by atoms with van der Waals surface area (Å²) in [7, 11) is 0. The van der Waals surface area contributed by atoms with Gasteiger partial charge in [-0.15, -0.1) is 0 Å². The van der Waals surface area contributed by atoms with E-state index < -0.39 is 17.5 Å². The summed E-state index contributed by atoms with van der Waals surface area (Å²) in [5, 5.41) is 12.2. The van der Waals surface area contributed by atoms with E-state index in [-0.39, 0.29) is 18.2 Å². The average molecular weight is 295 g/mol. The molecule has 2 nitrogen and oxygen atoms in total. The van der Waals surface area contributed by atoms with Gasteiger partial charge in [-0.1, -0.05) is 12.1 Å². The molecule has 0 aliphatic heterocycles. The molecule has 2 rings (SSSR count). The lowest BCUT2D eigenvalue weighted by molar-refractivity contribution is 0.275. The van der Waals surface area contributed by atoms with Gasteiger partial charge < -0.3 is 10.4 Å². The van der Waals surface area contributed by atoms with Gasteiger partial charge in [0.15, 0.2) is 11.6 Å². The Morgan fingerprint density at radius 3 is 2.38 bits per heavy atom. The Morgan fingerprint density at radius 2 is 1.71 bits per heavy atom. The zero-order chi connectivity index (χ0) is 15.4. The van der Waals surface area contributed by atoms with Crippen molar-refractivity contribution in [2.45, 2.75) is 26.1 Å². The fraction of sp³-hybridized carbons (Fsp3) is 0.250. The first-order chi connectivity index (χ1) is 10.0. The van der Waals surface area contributed by atoms with Gasteiger partial charge in [-0.3, -0.25) is 0 Å². The number of aliphatic hydroxyl groups excluding tert-OH is 1. The molecule has 0 aliphatic rings. The number of aliphatic hydroxyl groups is 1. The van der Waals surface area contributed by atoms with Crippen molar-refractivity contribution >= 4 is 0 Å². The molecule has 0 spiro atoms. The van der Waals surface area contributed by atoms with E-state index >= 15 is 0 Å². The second-order valence-electron chi connectivity index (χ2n) is 4.86. The Morgan fingerprint density at radius 1 is 1.00 bits per heavy atom. The number of nitrogens with one attached hydrogen (secondary N) is 1. The Bertz CT molecular complexity index is 631. The van der Waals surface area contributed by atoms with Gasteiger partial charge in [0, 0.05) is 18.2 Å². The minimum absolute atomic E-state index is 0.192. The van der Waals surface area contributed by atoms with Gasteiger partial charge >= 0.3 is 0 Å².